The fraction of sp³-hybridized carbons (Fsp3) is 0.273. The van der Waals surface area contributed by atoms with Crippen molar-refractivity contribution >= 4 is 16.7 Å². The Morgan fingerprint density at radius 2 is 1.64 bits per heavy atom. The minimum Gasteiger partial charge on any atom is -0.368 e. The molecule has 1 aromatic heterocycles. The van der Waals surface area contributed by atoms with Crippen molar-refractivity contribution < 1.29 is 0 Å². The van der Waals surface area contributed by atoms with Gasteiger partial charge in [0.05, 0.1) is 12.1 Å². The first-order valence-electron chi connectivity index (χ1n) is 9.11. The van der Waals surface area contributed by atoms with Crippen LogP contribution >= 0.6 is 0 Å². The molecule has 3 nitrogen and oxygen atoms in total. The van der Waals surface area contributed by atoms with E-state index in [0.717, 1.165) is 37.3 Å². The third-order valence-corrected chi connectivity index (χ3v) is 4.33. The van der Waals surface area contributed by atoms with Gasteiger partial charge in [-0.3, -0.25) is 9.98 Å². The minimum absolute atomic E-state index is 0.872. The van der Waals surface area contributed by atoms with Crippen molar-refractivity contribution in [1.29, 1.82) is 0 Å². The summed E-state index contributed by atoms with van der Waals surface area (Å²) in [7, 11) is 0. The van der Waals surface area contributed by atoms with Gasteiger partial charge in [0.1, 0.15) is 5.84 Å². The molecule has 1 N–H and O–H groups in total. The van der Waals surface area contributed by atoms with Gasteiger partial charge >= 0.3 is 0 Å². The maximum absolute atomic E-state index is 4.56. The van der Waals surface area contributed by atoms with E-state index < -0.39 is 0 Å². The van der Waals surface area contributed by atoms with Crippen molar-refractivity contribution in [3.63, 3.8) is 0 Å². The molecule has 0 radical (unpaired) electrons. The fourth-order valence-corrected chi connectivity index (χ4v) is 3.19. The number of aliphatic imine (C=N–C) groups is 1. The van der Waals surface area contributed by atoms with Gasteiger partial charge in [-0.25, -0.2) is 0 Å². The van der Waals surface area contributed by atoms with Gasteiger partial charge in [-0.15, -0.1) is 0 Å². The summed E-state index contributed by atoms with van der Waals surface area (Å²) in [6.07, 6.45) is 3.85. The molecule has 0 aliphatic carbocycles. The molecule has 128 valence electrons. The highest BCUT2D eigenvalue weighted by atomic mass is 15.1. The number of hydrogen-bond donors (Lipinski definition) is 1. The van der Waals surface area contributed by atoms with E-state index in [1.165, 1.54) is 22.1 Å². The van der Waals surface area contributed by atoms with Gasteiger partial charge in [0.15, 0.2) is 0 Å². The molecule has 0 saturated carbocycles. The quantitative estimate of drug-likeness (QED) is 0.769. The highest BCUT2D eigenvalue weighted by Crippen LogP contribution is 2.19. The Morgan fingerprint density at radius 3 is 2.48 bits per heavy atom. The predicted octanol–water partition coefficient (Wildman–Crippen LogP) is 4.40. The number of fused-ring (bicyclic) bond motifs is 1. The third-order valence-electron chi connectivity index (χ3n) is 4.33. The van der Waals surface area contributed by atoms with Crippen LogP contribution in [0.5, 0.6) is 0 Å². The van der Waals surface area contributed by atoms with Gasteiger partial charge in [0.25, 0.3) is 0 Å². The molecule has 0 saturated heterocycles. The molecule has 1 aliphatic rings. The van der Waals surface area contributed by atoms with Crippen LogP contribution < -0.4 is 5.32 Å². The molecule has 3 heteroatoms. The Morgan fingerprint density at radius 1 is 0.880 bits per heavy atom. The van der Waals surface area contributed by atoms with Crippen LogP contribution in [0.2, 0.25) is 0 Å². The molecule has 1 aliphatic heterocycles. The molecule has 25 heavy (non-hydrogen) atoms. The number of nitrogens with zero attached hydrogens (tertiary/aromatic N) is 2. The lowest BCUT2D eigenvalue weighted by atomic mass is 9.98. The smallest absolute Gasteiger partial charge is 0.128 e. The summed E-state index contributed by atoms with van der Waals surface area (Å²) in [5, 5.41) is 4.59. The molecular formula is C22H25N3. The number of rotatable bonds is 4. The normalized spacial score (nSPS) is 13.0. The predicted molar refractivity (Wildman–Crippen MR) is 106 cm³/mol. The van der Waals surface area contributed by atoms with Crippen LogP contribution in [-0.2, 0) is 12.8 Å². The molecule has 0 bridgehead atoms. The Bertz CT molecular complexity index is 863. The van der Waals surface area contributed by atoms with Gasteiger partial charge < -0.3 is 5.32 Å². The topological polar surface area (TPSA) is 37.3 Å². The van der Waals surface area contributed by atoms with Crippen LogP contribution in [0.15, 0.2) is 65.8 Å². The molecule has 0 fully saturated rings. The van der Waals surface area contributed by atoms with E-state index in [1.807, 2.05) is 26.1 Å². The number of para-hydroxylation sites is 1. The number of amidine groups is 1. The standard InChI is InChI=1S/C20H19N3.C2H6/c1-2-9-18(20-22-13-14-23-20)15(5-1)10-11-17-7-3-6-16-8-4-12-21-19(16)17;1-2/h1-9,12H,10-11,13-14H2,(H,22,23);1-2H3. The van der Waals surface area contributed by atoms with Gasteiger partial charge in [-0.2, -0.15) is 0 Å². The van der Waals surface area contributed by atoms with Crippen molar-refractivity contribution in [2.75, 3.05) is 13.1 Å². The van der Waals surface area contributed by atoms with Crippen LogP contribution in [0.3, 0.4) is 0 Å². The summed E-state index contributed by atoms with van der Waals surface area (Å²) >= 11 is 0. The monoisotopic (exact) mass is 331 g/mol. The van der Waals surface area contributed by atoms with Crippen LogP contribution in [-0.4, -0.2) is 23.9 Å². The molecule has 0 unspecified atom stereocenters. The summed E-state index contributed by atoms with van der Waals surface area (Å²) in [4.78, 5) is 9.12. The van der Waals surface area contributed by atoms with Crippen molar-refractivity contribution in [3.05, 3.63) is 77.5 Å². The first-order valence-corrected chi connectivity index (χ1v) is 9.11. The number of hydrogen-bond acceptors (Lipinski definition) is 3. The van der Waals surface area contributed by atoms with E-state index >= 15 is 0 Å². The van der Waals surface area contributed by atoms with E-state index in [1.54, 1.807) is 0 Å². The third kappa shape index (κ3) is 3.87. The van der Waals surface area contributed by atoms with Crippen LogP contribution in [0.4, 0.5) is 0 Å². The molecule has 3 aromatic rings. The van der Waals surface area contributed by atoms with E-state index in [0.29, 0.717) is 0 Å². The highest BCUT2D eigenvalue weighted by Gasteiger charge is 2.12. The zero-order valence-electron chi connectivity index (χ0n) is 15.0. The number of benzene rings is 2. The molecule has 2 aromatic carbocycles. The van der Waals surface area contributed by atoms with E-state index in [9.17, 15) is 0 Å². The van der Waals surface area contributed by atoms with E-state index in [2.05, 4.69) is 63.8 Å². The Balaban J connectivity index is 0.000000880. The average Bonchev–Trinajstić information content (AvgIpc) is 3.23. The summed E-state index contributed by atoms with van der Waals surface area (Å²) in [5.74, 6) is 1.04. The molecule has 2 heterocycles. The first-order chi connectivity index (χ1) is 12.4. The summed E-state index contributed by atoms with van der Waals surface area (Å²) in [6.45, 7) is 5.81. The highest BCUT2D eigenvalue weighted by molar-refractivity contribution is 6.01. The van der Waals surface area contributed by atoms with Crippen molar-refractivity contribution in [2.45, 2.75) is 26.7 Å². The maximum atomic E-state index is 4.56. The van der Waals surface area contributed by atoms with Crippen molar-refractivity contribution in [1.82, 2.24) is 10.3 Å². The molecular weight excluding hydrogens is 306 g/mol. The average molecular weight is 331 g/mol. The van der Waals surface area contributed by atoms with Crippen LogP contribution in [0.25, 0.3) is 10.9 Å². The lowest BCUT2D eigenvalue weighted by Gasteiger charge is -2.11. The summed E-state index contributed by atoms with van der Waals surface area (Å²) < 4.78 is 0. The van der Waals surface area contributed by atoms with Crippen LogP contribution in [0.1, 0.15) is 30.5 Å². The summed E-state index contributed by atoms with van der Waals surface area (Å²) in [5.41, 5.74) is 5.00. The van der Waals surface area contributed by atoms with Crippen molar-refractivity contribution in [2.24, 2.45) is 4.99 Å². The Hall–Kier alpha value is -2.68. The second-order valence-electron chi connectivity index (χ2n) is 5.81. The molecule has 0 atom stereocenters. The first kappa shape index (κ1) is 17.2. The Labute approximate surface area is 149 Å². The number of nitrogens with one attached hydrogen (secondary N) is 1. The molecule has 4 rings (SSSR count). The molecule has 0 amide bonds. The Kier molecular flexibility index (Phi) is 5.78. The van der Waals surface area contributed by atoms with Gasteiger partial charge in [0, 0.05) is 23.7 Å². The van der Waals surface area contributed by atoms with Crippen molar-refractivity contribution in [3.8, 4) is 0 Å². The lowest BCUT2D eigenvalue weighted by Crippen LogP contribution is -2.21. The molecule has 0 spiro atoms. The van der Waals surface area contributed by atoms with E-state index in [4.69, 9.17) is 0 Å². The second kappa shape index (κ2) is 8.43. The SMILES string of the molecule is CC.c1ccc(C2=NCCN2)c(CCc2cccc3cccnc23)c1. The zero-order valence-corrected chi connectivity index (χ0v) is 15.0. The number of aromatic nitrogens is 1. The number of pyridine rings is 1. The minimum atomic E-state index is 0.872. The number of aryl methyl sites for hydroxylation is 2. The fourth-order valence-electron chi connectivity index (χ4n) is 3.19. The van der Waals surface area contributed by atoms with Gasteiger partial charge in [-0.1, -0.05) is 62.4 Å². The zero-order chi connectivity index (χ0) is 17.5. The summed E-state index contributed by atoms with van der Waals surface area (Å²) in [6, 6.07) is 19.1. The van der Waals surface area contributed by atoms with E-state index in [-0.39, 0.29) is 0 Å². The van der Waals surface area contributed by atoms with Gasteiger partial charge in [-0.05, 0) is 30.0 Å². The van der Waals surface area contributed by atoms with Gasteiger partial charge in [0.2, 0.25) is 0 Å². The largest absolute Gasteiger partial charge is 0.368 e. The lowest BCUT2D eigenvalue weighted by molar-refractivity contribution is 0.948. The maximum Gasteiger partial charge on any atom is 0.128 e. The van der Waals surface area contributed by atoms with Crippen LogP contribution in [0, 0.1) is 0 Å². The second-order valence-corrected chi connectivity index (χ2v) is 5.81.